The van der Waals surface area contributed by atoms with Crippen LogP contribution < -0.4 is 0 Å². The van der Waals surface area contributed by atoms with Crippen molar-refractivity contribution in [3.8, 4) is 22.8 Å². The van der Waals surface area contributed by atoms with E-state index >= 15 is 0 Å². The van der Waals surface area contributed by atoms with Gasteiger partial charge in [0.05, 0.1) is 11.4 Å². The molecule has 0 saturated heterocycles. The molecule has 0 aliphatic carbocycles. The summed E-state index contributed by atoms with van der Waals surface area (Å²) in [4.78, 5) is 24.5. The minimum absolute atomic E-state index is 0.0895. The maximum atomic E-state index is 13.9. The van der Waals surface area contributed by atoms with Crippen molar-refractivity contribution in [3.05, 3.63) is 85.3 Å². The van der Waals surface area contributed by atoms with E-state index in [2.05, 4.69) is 28.0 Å². The Morgan fingerprint density at radius 3 is 2.45 bits per heavy atom. The molecular weight excluding hydrogens is 479 g/mol. The zero-order valence-corrected chi connectivity index (χ0v) is 23.1. The first-order chi connectivity index (χ1) is 18.3. The van der Waals surface area contributed by atoms with Crippen molar-refractivity contribution in [2.45, 2.75) is 60.4 Å². The molecule has 0 aliphatic rings. The number of carbonyl (C=O) groups is 1. The van der Waals surface area contributed by atoms with Crippen molar-refractivity contribution in [1.29, 1.82) is 0 Å². The van der Waals surface area contributed by atoms with Crippen LogP contribution in [0.1, 0.15) is 59.6 Å². The number of rotatable bonds is 12. The average molecular weight is 519 g/mol. The van der Waals surface area contributed by atoms with Gasteiger partial charge in [0, 0.05) is 24.7 Å². The molecule has 2 atom stereocenters. The summed E-state index contributed by atoms with van der Waals surface area (Å²) < 4.78 is 16.0. The highest BCUT2D eigenvalue weighted by Gasteiger charge is 2.22. The van der Waals surface area contributed by atoms with Crippen LogP contribution in [0.4, 0.5) is 4.39 Å². The molecule has 0 bridgehead atoms. The fourth-order valence-corrected chi connectivity index (χ4v) is 4.30. The fourth-order valence-electron chi connectivity index (χ4n) is 4.30. The first-order valence-corrected chi connectivity index (χ1v) is 13.1. The zero-order chi connectivity index (χ0) is 28.1. The second kappa shape index (κ2) is 15.4. The summed E-state index contributed by atoms with van der Waals surface area (Å²) in [6.07, 6.45) is 9.36. The van der Waals surface area contributed by atoms with Gasteiger partial charge in [0.1, 0.15) is 23.7 Å². The van der Waals surface area contributed by atoms with Gasteiger partial charge >= 0.3 is 5.97 Å². The Bertz CT molecular complexity index is 1230. The lowest BCUT2D eigenvalue weighted by molar-refractivity contribution is -0.138. The lowest BCUT2D eigenvalue weighted by Crippen LogP contribution is -2.12. The molecule has 0 fully saturated rings. The van der Waals surface area contributed by atoms with Gasteiger partial charge in [-0.3, -0.25) is 4.79 Å². The number of nitrogens with zero attached hydrogens (tertiary/aromatic N) is 4. The van der Waals surface area contributed by atoms with E-state index in [0.717, 1.165) is 29.9 Å². The minimum Gasteiger partial charge on any atom is -0.481 e. The van der Waals surface area contributed by atoms with Crippen molar-refractivity contribution >= 4 is 11.5 Å². The largest absolute Gasteiger partial charge is 0.481 e. The third-order valence-electron chi connectivity index (χ3n) is 6.02. The second-order valence-electron chi connectivity index (χ2n) is 9.11. The summed E-state index contributed by atoms with van der Waals surface area (Å²) >= 11 is 0. The van der Waals surface area contributed by atoms with Crippen LogP contribution in [0.2, 0.25) is 0 Å². The third-order valence-corrected chi connectivity index (χ3v) is 6.02. The number of hydrogen-bond acceptors (Lipinski definition) is 4. The van der Waals surface area contributed by atoms with Crippen LogP contribution in [0.25, 0.3) is 28.3 Å². The van der Waals surface area contributed by atoms with E-state index in [0.29, 0.717) is 29.4 Å². The molecule has 2 aromatic heterocycles. The van der Waals surface area contributed by atoms with Crippen LogP contribution in [-0.2, 0) is 11.3 Å². The number of hydrogen-bond donors (Lipinski definition) is 1. The van der Waals surface area contributed by atoms with E-state index in [1.165, 1.54) is 18.5 Å². The number of imidazole rings is 1. The molecule has 0 amide bonds. The van der Waals surface area contributed by atoms with Gasteiger partial charge in [-0.15, -0.1) is 0 Å². The fraction of sp³-hybridized carbons (Fsp3) is 0.355. The van der Waals surface area contributed by atoms with Crippen LogP contribution in [0.15, 0.2) is 79.6 Å². The van der Waals surface area contributed by atoms with Crippen molar-refractivity contribution in [2.75, 3.05) is 0 Å². The molecule has 2 unspecified atom stereocenters. The van der Waals surface area contributed by atoms with Crippen molar-refractivity contribution in [1.82, 2.24) is 19.5 Å². The highest BCUT2D eigenvalue weighted by atomic mass is 19.1. The molecule has 0 spiro atoms. The van der Waals surface area contributed by atoms with Gasteiger partial charge in [0.15, 0.2) is 0 Å². The Morgan fingerprint density at radius 1 is 1.13 bits per heavy atom. The van der Waals surface area contributed by atoms with E-state index < -0.39 is 5.97 Å². The summed E-state index contributed by atoms with van der Waals surface area (Å²) in [5.41, 5.74) is 3.63. The lowest BCUT2D eigenvalue weighted by atomic mass is 9.92. The predicted molar refractivity (Wildman–Crippen MR) is 153 cm³/mol. The summed E-state index contributed by atoms with van der Waals surface area (Å²) in [6.45, 7) is 14.6. The molecule has 38 heavy (non-hydrogen) atoms. The monoisotopic (exact) mass is 518 g/mol. The normalized spacial score (nSPS) is 13.1. The van der Waals surface area contributed by atoms with E-state index in [-0.39, 0.29) is 18.2 Å². The smallest absolute Gasteiger partial charge is 0.303 e. The molecule has 1 aromatic carbocycles. The van der Waals surface area contributed by atoms with Gasteiger partial charge in [-0.25, -0.2) is 19.3 Å². The molecule has 7 heteroatoms. The Kier molecular flexibility index (Phi) is 12.3. The first kappa shape index (κ1) is 30.4. The van der Waals surface area contributed by atoms with Gasteiger partial charge in [0.25, 0.3) is 0 Å². The van der Waals surface area contributed by atoms with Crippen LogP contribution in [0.3, 0.4) is 0 Å². The predicted octanol–water partition coefficient (Wildman–Crippen LogP) is 8.00. The van der Waals surface area contributed by atoms with Gasteiger partial charge < -0.3 is 9.67 Å². The van der Waals surface area contributed by atoms with Crippen LogP contribution in [-0.4, -0.2) is 30.6 Å². The molecule has 2 heterocycles. The number of allylic oxidation sites excluding steroid dienone is 5. The molecule has 0 saturated carbocycles. The molecule has 3 rings (SSSR count). The van der Waals surface area contributed by atoms with Crippen molar-refractivity contribution < 1.29 is 14.3 Å². The molecule has 0 aliphatic heterocycles. The lowest BCUT2D eigenvalue weighted by Gasteiger charge is -2.19. The molecular formula is C31H39FN4O2. The molecule has 202 valence electrons. The number of carboxylic acids is 1. The zero-order valence-electron chi connectivity index (χ0n) is 23.1. The number of aromatic nitrogens is 4. The van der Waals surface area contributed by atoms with E-state index in [1.807, 2.05) is 51.1 Å². The summed E-state index contributed by atoms with van der Waals surface area (Å²) in [5.74, 6) is 0.0294. The molecule has 0 radical (unpaired) electrons. The minimum atomic E-state index is -0.774. The number of benzene rings is 1. The van der Waals surface area contributed by atoms with Crippen LogP contribution in [0.5, 0.6) is 0 Å². The summed E-state index contributed by atoms with van der Waals surface area (Å²) in [6, 6.07) is 11.7. The van der Waals surface area contributed by atoms with Crippen LogP contribution in [0, 0.1) is 11.8 Å². The highest BCUT2D eigenvalue weighted by molar-refractivity contribution is 5.82. The van der Waals surface area contributed by atoms with E-state index in [1.54, 1.807) is 25.3 Å². The Labute approximate surface area is 225 Å². The molecule has 6 nitrogen and oxygen atoms in total. The number of aliphatic carboxylic acids is 1. The number of halogens is 1. The maximum Gasteiger partial charge on any atom is 0.303 e. The molecule has 1 N–H and O–H groups in total. The van der Waals surface area contributed by atoms with Crippen LogP contribution >= 0.6 is 0 Å². The van der Waals surface area contributed by atoms with E-state index in [9.17, 15) is 9.18 Å². The van der Waals surface area contributed by atoms with Gasteiger partial charge in [-0.05, 0) is 49.3 Å². The van der Waals surface area contributed by atoms with Gasteiger partial charge in [-0.2, -0.15) is 0 Å². The topological polar surface area (TPSA) is 80.9 Å². The second-order valence-corrected chi connectivity index (χ2v) is 9.11. The quantitative estimate of drug-likeness (QED) is 0.246. The third kappa shape index (κ3) is 8.61. The SMILES string of the molecule is C=C(/C=C\C(F)=C/C)c1c(-c2ccncn2)nc(-c2ccccc2)n1CCC(C)CC(C)CC(=O)O.CC. The number of carboxylic acid groups (broad SMARTS) is 1. The van der Waals surface area contributed by atoms with Crippen molar-refractivity contribution in [2.24, 2.45) is 11.8 Å². The highest BCUT2D eigenvalue weighted by Crippen LogP contribution is 2.34. The Balaban J connectivity index is 0.00000247. The standard InChI is InChI=1S/C29H33FN4O2.C2H6/c1-5-24(30)12-11-22(4)28-27(25-13-15-31-19-32-25)33-29(23-9-7-6-8-10-23)34(28)16-14-20(2)17-21(3)18-26(35)36;1-2/h5-13,15,19-21H,4,14,16-18H2,1-3H3,(H,35,36);1-2H3/b12-11-,24-5+;. The van der Waals surface area contributed by atoms with Gasteiger partial charge in [0.2, 0.25) is 0 Å². The average Bonchev–Trinajstić information content (AvgIpc) is 3.31. The summed E-state index contributed by atoms with van der Waals surface area (Å²) in [5, 5.41) is 9.11. The first-order valence-electron chi connectivity index (χ1n) is 13.1. The van der Waals surface area contributed by atoms with Crippen molar-refractivity contribution in [3.63, 3.8) is 0 Å². The summed E-state index contributed by atoms with van der Waals surface area (Å²) in [7, 11) is 0. The van der Waals surface area contributed by atoms with E-state index in [4.69, 9.17) is 10.1 Å². The van der Waals surface area contributed by atoms with Gasteiger partial charge in [-0.1, -0.05) is 76.8 Å². The Morgan fingerprint density at radius 2 is 1.84 bits per heavy atom. The maximum absolute atomic E-state index is 13.9. The molecule has 3 aromatic rings. The Hall–Kier alpha value is -3.87.